The van der Waals surface area contributed by atoms with E-state index in [9.17, 15) is 9.59 Å². The molecule has 0 saturated carbocycles. The van der Waals surface area contributed by atoms with Crippen molar-refractivity contribution < 1.29 is 14.3 Å². The lowest BCUT2D eigenvalue weighted by molar-refractivity contribution is -0.126. The van der Waals surface area contributed by atoms with Crippen molar-refractivity contribution in [3.63, 3.8) is 0 Å². The fourth-order valence-electron chi connectivity index (χ4n) is 2.62. The maximum atomic E-state index is 12.8. The summed E-state index contributed by atoms with van der Waals surface area (Å²) in [6.07, 6.45) is -0.794. The molecule has 0 radical (unpaired) electrons. The molecule has 136 valence electrons. The fourth-order valence-corrected chi connectivity index (χ4v) is 3.33. The van der Waals surface area contributed by atoms with E-state index in [0.29, 0.717) is 11.3 Å². The topological polar surface area (TPSA) is 83.3 Å². The van der Waals surface area contributed by atoms with Gasteiger partial charge in [0.05, 0.1) is 33.8 Å². The number of nitrogens with zero attached hydrogens (tertiary/aromatic N) is 3. The highest BCUT2D eigenvalue weighted by Gasteiger charge is 2.25. The molecule has 3 aromatic rings. The predicted molar refractivity (Wildman–Crippen MR) is 104 cm³/mol. The van der Waals surface area contributed by atoms with Gasteiger partial charge in [0.25, 0.3) is 5.91 Å². The van der Waals surface area contributed by atoms with Crippen molar-refractivity contribution in [2.24, 2.45) is 0 Å². The summed E-state index contributed by atoms with van der Waals surface area (Å²) in [5.41, 5.74) is 3.55. The minimum atomic E-state index is -0.978. The van der Waals surface area contributed by atoms with Crippen molar-refractivity contribution in [2.75, 3.05) is 11.4 Å². The normalized spacial score (nSPS) is 11.6. The second kappa shape index (κ2) is 8.43. The molecular weight excluding hydrogens is 362 g/mol. The molecule has 6 nitrogen and oxygen atoms in total. The van der Waals surface area contributed by atoms with Crippen LogP contribution < -0.4 is 4.90 Å². The number of carbonyl (C=O) groups is 2. The van der Waals surface area contributed by atoms with Crippen molar-refractivity contribution >= 4 is 39.1 Å². The van der Waals surface area contributed by atoms with Crippen molar-refractivity contribution in [3.05, 3.63) is 59.6 Å². The molecule has 3 rings (SSSR count). The highest BCUT2D eigenvalue weighted by molar-refractivity contribution is 7.16. The number of carbonyl (C=O) groups excluding carboxylic acids is 2. The van der Waals surface area contributed by atoms with Crippen molar-refractivity contribution in [1.82, 2.24) is 4.98 Å². The first-order valence-electron chi connectivity index (χ1n) is 8.38. The van der Waals surface area contributed by atoms with E-state index in [1.54, 1.807) is 35.8 Å². The van der Waals surface area contributed by atoms with Crippen LogP contribution in [0.2, 0.25) is 0 Å². The predicted octanol–water partition coefficient (Wildman–Crippen LogP) is 3.79. The Morgan fingerprint density at radius 2 is 2.04 bits per heavy atom. The Kier molecular flexibility index (Phi) is 5.79. The summed E-state index contributed by atoms with van der Waals surface area (Å²) in [7, 11) is 0. The van der Waals surface area contributed by atoms with Gasteiger partial charge in [-0.2, -0.15) is 5.26 Å². The second-order valence-corrected chi connectivity index (χ2v) is 6.70. The van der Waals surface area contributed by atoms with Gasteiger partial charge >= 0.3 is 5.97 Å². The van der Waals surface area contributed by atoms with Crippen LogP contribution in [0.3, 0.4) is 0 Å². The Labute approximate surface area is 160 Å². The summed E-state index contributed by atoms with van der Waals surface area (Å²) in [6.45, 7) is 1.77. The second-order valence-electron chi connectivity index (χ2n) is 5.82. The van der Waals surface area contributed by atoms with E-state index < -0.39 is 12.1 Å². The van der Waals surface area contributed by atoms with Gasteiger partial charge in [0.1, 0.15) is 0 Å². The molecule has 0 fully saturated rings. The third-order valence-electron chi connectivity index (χ3n) is 3.98. The number of rotatable bonds is 6. The summed E-state index contributed by atoms with van der Waals surface area (Å²) < 4.78 is 6.26. The number of amides is 1. The molecule has 1 atom stereocenters. The van der Waals surface area contributed by atoms with Gasteiger partial charge in [0.15, 0.2) is 6.10 Å². The number of anilines is 1. The number of aromatic nitrogens is 1. The smallest absolute Gasteiger partial charge is 0.338 e. The first-order chi connectivity index (χ1) is 13.1. The van der Waals surface area contributed by atoms with E-state index in [1.807, 2.05) is 24.3 Å². The van der Waals surface area contributed by atoms with Crippen LogP contribution in [-0.2, 0) is 9.53 Å². The maximum absolute atomic E-state index is 12.8. The number of hydrogen-bond donors (Lipinski definition) is 0. The van der Waals surface area contributed by atoms with Crippen molar-refractivity contribution in [1.29, 1.82) is 5.26 Å². The van der Waals surface area contributed by atoms with E-state index in [0.717, 1.165) is 10.2 Å². The highest BCUT2D eigenvalue weighted by atomic mass is 32.1. The summed E-state index contributed by atoms with van der Waals surface area (Å²) in [5.74, 6) is -0.942. The molecule has 27 heavy (non-hydrogen) atoms. The third kappa shape index (κ3) is 4.30. The van der Waals surface area contributed by atoms with Crippen LogP contribution in [0.15, 0.2) is 54.0 Å². The Balaban J connectivity index is 1.74. The molecule has 1 aromatic heterocycles. The molecule has 1 amide bonds. The van der Waals surface area contributed by atoms with E-state index >= 15 is 0 Å². The van der Waals surface area contributed by atoms with Crippen LogP contribution in [-0.4, -0.2) is 29.5 Å². The lowest BCUT2D eigenvalue weighted by Crippen LogP contribution is -2.40. The average Bonchev–Trinajstić information content (AvgIpc) is 3.16. The zero-order valence-electron chi connectivity index (χ0n) is 14.7. The van der Waals surface area contributed by atoms with E-state index in [1.165, 1.54) is 23.2 Å². The average molecular weight is 379 g/mol. The number of benzene rings is 2. The summed E-state index contributed by atoms with van der Waals surface area (Å²) in [6, 6.07) is 16.1. The van der Waals surface area contributed by atoms with Crippen LogP contribution in [0.4, 0.5) is 5.69 Å². The van der Waals surface area contributed by atoms with Gasteiger partial charge in [-0.15, -0.1) is 11.3 Å². The fraction of sp³-hybridized carbons (Fsp3) is 0.200. The van der Waals surface area contributed by atoms with Crippen LogP contribution >= 0.6 is 11.3 Å². The summed E-state index contributed by atoms with van der Waals surface area (Å²) >= 11 is 1.43. The molecule has 0 unspecified atom stereocenters. The molecule has 1 heterocycles. The van der Waals surface area contributed by atoms with Gasteiger partial charge in [-0.3, -0.25) is 4.79 Å². The molecule has 0 N–H and O–H groups in total. The first kappa shape index (κ1) is 18.5. The molecule has 7 heteroatoms. The SMILES string of the molecule is C[C@H](OC(=O)c1ccc2ncsc2c1)C(=O)N(CCC#N)c1ccccc1. The maximum Gasteiger partial charge on any atom is 0.338 e. The quantitative estimate of drug-likeness (QED) is 0.609. The highest BCUT2D eigenvalue weighted by Crippen LogP contribution is 2.21. The Morgan fingerprint density at radius 1 is 1.26 bits per heavy atom. The molecular formula is C20H17N3O3S. The zero-order chi connectivity index (χ0) is 19.2. The number of fused-ring (bicyclic) bond motifs is 1. The molecule has 0 aliphatic carbocycles. The number of esters is 1. The van der Waals surface area contributed by atoms with Crippen LogP contribution in [0.5, 0.6) is 0 Å². The minimum Gasteiger partial charge on any atom is -0.449 e. The van der Waals surface area contributed by atoms with Crippen molar-refractivity contribution in [2.45, 2.75) is 19.4 Å². The summed E-state index contributed by atoms with van der Waals surface area (Å²) in [5, 5.41) is 8.87. The van der Waals surface area contributed by atoms with E-state index in [4.69, 9.17) is 10.00 Å². The first-order valence-corrected chi connectivity index (χ1v) is 9.25. The minimum absolute atomic E-state index is 0.184. The van der Waals surface area contributed by atoms with Gasteiger partial charge in [-0.05, 0) is 37.3 Å². The van der Waals surface area contributed by atoms with Gasteiger partial charge in [0, 0.05) is 12.2 Å². The molecule has 0 saturated heterocycles. The van der Waals surface area contributed by atoms with Crippen LogP contribution in [0.1, 0.15) is 23.7 Å². The monoisotopic (exact) mass is 379 g/mol. The lowest BCUT2D eigenvalue weighted by Gasteiger charge is -2.25. The molecule has 0 aliphatic rings. The largest absolute Gasteiger partial charge is 0.449 e. The number of nitriles is 1. The number of thiazole rings is 1. The molecule has 0 aliphatic heterocycles. The van der Waals surface area contributed by atoms with Gasteiger partial charge in [0.2, 0.25) is 0 Å². The van der Waals surface area contributed by atoms with Gasteiger partial charge in [-0.1, -0.05) is 18.2 Å². The van der Waals surface area contributed by atoms with Crippen LogP contribution in [0, 0.1) is 11.3 Å². The zero-order valence-corrected chi connectivity index (χ0v) is 15.5. The molecule has 0 bridgehead atoms. The van der Waals surface area contributed by atoms with Gasteiger partial charge in [-0.25, -0.2) is 9.78 Å². The molecule has 0 spiro atoms. The van der Waals surface area contributed by atoms with Crippen molar-refractivity contribution in [3.8, 4) is 6.07 Å². The van der Waals surface area contributed by atoms with Crippen LogP contribution in [0.25, 0.3) is 10.2 Å². The lowest BCUT2D eigenvalue weighted by atomic mass is 10.2. The number of ether oxygens (including phenoxy) is 1. The number of para-hydroxylation sites is 1. The standard InChI is InChI=1S/C20H17N3O3S/c1-14(19(24)23(11-5-10-21)16-6-3-2-4-7-16)26-20(25)15-8-9-17-18(12-15)27-13-22-17/h2-4,6-9,12-14H,5,11H2,1H3/t14-/m0/s1. The summed E-state index contributed by atoms with van der Waals surface area (Å²) in [4.78, 5) is 30.9. The Bertz CT molecular complexity index is 994. The van der Waals surface area contributed by atoms with E-state index in [2.05, 4.69) is 4.98 Å². The van der Waals surface area contributed by atoms with Gasteiger partial charge < -0.3 is 9.64 Å². The molecule has 2 aromatic carbocycles. The Hall–Kier alpha value is -3.24. The number of hydrogen-bond acceptors (Lipinski definition) is 6. The third-order valence-corrected chi connectivity index (χ3v) is 4.77. The Morgan fingerprint density at radius 3 is 2.78 bits per heavy atom. The van der Waals surface area contributed by atoms with E-state index in [-0.39, 0.29) is 18.9 Å².